The van der Waals surface area contributed by atoms with Gasteiger partial charge in [0.2, 0.25) is 5.91 Å². The monoisotopic (exact) mass is 401 g/mol. The number of carboxylic acid groups (broad SMARTS) is 1. The molecule has 144 valence electrons. The van der Waals surface area contributed by atoms with Crippen LogP contribution in [0.1, 0.15) is 18.4 Å². The lowest BCUT2D eigenvalue weighted by molar-refractivity contribution is -0.142. The van der Waals surface area contributed by atoms with Crippen LogP contribution in [-0.4, -0.2) is 60.5 Å². The zero-order chi connectivity index (χ0) is 18.9. The smallest absolute Gasteiger partial charge is 0.326 e. The second kappa shape index (κ2) is 10.6. The lowest BCUT2D eigenvalue weighted by Gasteiger charge is -2.23. The van der Waals surface area contributed by atoms with Crippen LogP contribution in [0.25, 0.3) is 0 Å². The van der Waals surface area contributed by atoms with E-state index in [1.807, 2.05) is 24.3 Å². The second-order valence-corrected chi connectivity index (χ2v) is 7.04. The number of hydrogen-bond donors (Lipinski definition) is 3. The van der Waals surface area contributed by atoms with Gasteiger partial charge in [0, 0.05) is 37.0 Å². The van der Waals surface area contributed by atoms with E-state index in [1.54, 1.807) is 0 Å². The maximum Gasteiger partial charge on any atom is 0.326 e. The summed E-state index contributed by atoms with van der Waals surface area (Å²) in [6, 6.07) is 6.36. The highest BCUT2D eigenvalue weighted by Gasteiger charge is 2.27. The fourth-order valence-electron chi connectivity index (χ4n) is 3.03. The molecule has 26 heavy (non-hydrogen) atoms. The number of rotatable bonds is 10. The van der Waals surface area contributed by atoms with Crippen LogP contribution in [0.15, 0.2) is 24.3 Å². The Morgan fingerprint density at radius 1 is 1.23 bits per heavy atom. The third-order valence-corrected chi connectivity index (χ3v) is 4.78. The van der Waals surface area contributed by atoms with Gasteiger partial charge in [-0.2, -0.15) is 0 Å². The molecule has 1 saturated heterocycles. The molecule has 6 nitrogen and oxygen atoms in total. The molecule has 0 spiro atoms. The molecule has 1 fully saturated rings. The van der Waals surface area contributed by atoms with Crippen LogP contribution in [-0.2, 0) is 16.0 Å². The highest BCUT2D eigenvalue weighted by atomic mass is 35.5. The predicted molar refractivity (Wildman–Crippen MR) is 104 cm³/mol. The maximum atomic E-state index is 12.2. The lowest BCUT2D eigenvalue weighted by Crippen LogP contribution is -2.49. The molecule has 0 unspecified atom stereocenters. The van der Waals surface area contributed by atoms with E-state index in [0.29, 0.717) is 24.8 Å². The zero-order valence-corrected chi connectivity index (χ0v) is 16.1. The van der Waals surface area contributed by atoms with Crippen LogP contribution in [0.4, 0.5) is 5.69 Å². The summed E-state index contributed by atoms with van der Waals surface area (Å²) in [6.07, 6.45) is 1.90. The van der Waals surface area contributed by atoms with Crippen molar-refractivity contribution < 1.29 is 14.7 Å². The van der Waals surface area contributed by atoms with E-state index in [4.69, 9.17) is 23.2 Å². The molecule has 1 aromatic rings. The fourth-order valence-corrected chi connectivity index (χ4v) is 3.44. The normalized spacial score (nSPS) is 17.7. The molecule has 1 amide bonds. The Bertz CT molecular complexity index is 586. The summed E-state index contributed by atoms with van der Waals surface area (Å²) in [7, 11) is 0. The molecule has 2 atom stereocenters. The van der Waals surface area contributed by atoms with E-state index in [0.717, 1.165) is 30.6 Å². The number of carboxylic acids is 1. The second-order valence-electron chi connectivity index (χ2n) is 6.28. The van der Waals surface area contributed by atoms with Crippen molar-refractivity contribution in [2.75, 3.05) is 36.3 Å². The van der Waals surface area contributed by atoms with Crippen LogP contribution in [0.2, 0.25) is 0 Å². The Morgan fingerprint density at radius 3 is 2.38 bits per heavy atom. The third kappa shape index (κ3) is 6.04. The van der Waals surface area contributed by atoms with Crippen molar-refractivity contribution >= 4 is 40.8 Å². The molecule has 1 aromatic carbocycles. The van der Waals surface area contributed by atoms with Crippen molar-refractivity contribution in [2.45, 2.75) is 31.3 Å². The van der Waals surface area contributed by atoms with Gasteiger partial charge >= 0.3 is 5.97 Å². The van der Waals surface area contributed by atoms with Gasteiger partial charge in [0.15, 0.2) is 0 Å². The molecular weight excluding hydrogens is 377 g/mol. The van der Waals surface area contributed by atoms with Crippen LogP contribution >= 0.6 is 23.2 Å². The number of carbonyl (C=O) groups excluding carboxylic acids is 1. The number of anilines is 1. The minimum absolute atomic E-state index is 0.235. The third-order valence-electron chi connectivity index (χ3n) is 4.44. The lowest BCUT2D eigenvalue weighted by atomic mass is 10.0. The molecule has 1 aliphatic rings. The summed E-state index contributed by atoms with van der Waals surface area (Å²) < 4.78 is 0. The van der Waals surface area contributed by atoms with Crippen molar-refractivity contribution in [1.82, 2.24) is 10.6 Å². The average molecular weight is 402 g/mol. The van der Waals surface area contributed by atoms with Crippen LogP contribution in [0.3, 0.4) is 0 Å². The summed E-state index contributed by atoms with van der Waals surface area (Å²) in [5.74, 6) is -0.282. The van der Waals surface area contributed by atoms with Gasteiger partial charge in [-0.25, -0.2) is 4.79 Å². The van der Waals surface area contributed by atoms with E-state index in [1.165, 1.54) is 0 Å². The Hall–Kier alpha value is -1.50. The van der Waals surface area contributed by atoms with Gasteiger partial charge in [-0.05, 0) is 37.1 Å². The standard InChI is InChI=1S/C18H25Cl2N3O3/c19-7-10-23(11-8-20)14-5-3-13(4-6-14)12-16(18(25)26)22-17(24)15-2-1-9-21-15/h3-6,15-16,21H,1-2,7-12H2,(H,22,24)(H,25,26)/t15-,16-/m0/s1. The summed E-state index contributed by atoms with van der Waals surface area (Å²) in [4.78, 5) is 25.8. The highest BCUT2D eigenvalue weighted by Crippen LogP contribution is 2.17. The Morgan fingerprint density at radius 2 is 1.88 bits per heavy atom. The number of amides is 1. The van der Waals surface area contributed by atoms with Gasteiger partial charge in [-0.15, -0.1) is 23.2 Å². The van der Waals surface area contributed by atoms with E-state index in [2.05, 4.69) is 15.5 Å². The van der Waals surface area contributed by atoms with E-state index >= 15 is 0 Å². The van der Waals surface area contributed by atoms with Gasteiger partial charge in [-0.3, -0.25) is 4.79 Å². The maximum absolute atomic E-state index is 12.2. The zero-order valence-electron chi connectivity index (χ0n) is 14.6. The molecule has 1 aliphatic heterocycles. The topological polar surface area (TPSA) is 81.7 Å². The van der Waals surface area contributed by atoms with Crippen molar-refractivity contribution in [2.24, 2.45) is 0 Å². The number of benzene rings is 1. The van der Waals surface area contributed by atoms with Crippen molar-refractivity contribution in [1.29, 1.82) is 0 Å². The van der Waals surface area contributed by atoms with E-state index in [-0.39, 0.29) is 18.4 Å². The number of alkyl halides is 2. The van der Waals surface area contributed by atoms with Gasteiger partial charge in [-0.1, -0.05) is 12.1 Å². The average Bonchev–Trinajstić information content (AvgIpc) is 3.16. The number of nitrogens with one attached hydrogen (secondary N) is 2. The Kier molecular flexibility index (Phi) is 8.48. The number of nitrogens with zero attached hydrogens (tertiary/aromatic N) is 1. The van der Waals surface area contributed by atoms with Gasteiger partial charge in [0.25, 0.3) is 0 Å². The summed E-state index contributed by atoms with van der Waals surface area (Å²) >= 11 is 11.6. The van der Waals surface area contributed by atoms with Crippen molar-refractivity contribution in [3.8, 4) is 0 Å². The van der Waals surface area contributed by atoms with Crippen LogP contribution < -0.4 is 15.5 Å². The molecule has 0 aromatic heterocycles. The van der Waals surface area contributed by atoms with Crippen LogP contribution in [0.5, 0.6) is 0 Å². The summed E-state index contributed by atoms with van der Waals surface area (Å²) in [6.45, 7) is 2.17. The van der Waals surface area contributed by atoms with E-state index in [9.17, 15) is 14.7 Å². The molecule has 0 bridgehead atoms. The van der Waals surface area contributed by atoms with Crippen molar-refractivity contribution in [3.63, 3.8) is 0 Å². The predicted octanol–water partition coefficient (Wildman–Crippen LogP) is 1.83. The Labute approximate surface area is 163 Å². The number of hydrogen-bond acceptors (Lipinski definition) is 4. The van der Waals surface area contributed by atoms with Gasteiger partial charge in [0.1, 0.15) is 6.04 Å². The van der Waals surface area contributed by atoms with E-state index < -0.39 is 12.0 Å². The summed E-state index contributed by atoms with van der Waals surface area (Å²) in [5, 5.41) is 15.2. The first-order valence-corrected chi connectivity index (χ1v) is 9.84. The molecule has 3 N–H and O–H groups in total. The highest BCUT2D eigenvalue weighted by molar-refractivity contribution is 6.18. The molecule has 2 rings (SSSR count). The number of aliphatic carboxylic acids is 1. The fraction of sp³-hybridized carbons (Fsp3) is 0.556. The first kappa shape index (κ1) is 20.8. The minimum atomic E-state index is -1.04. The number of carbonyl (C=O) groups is 2. The quantitative estimate of drug-likeness (QED) is 0.521. The largest absolute Gasteiger partial charge is 0.480 e. The van der Waals surface area contributed by atoms with Crippen molar-refractivity contribution in [3.05, 3.63) is 29.8 Å². The van der Waals surface area contributed by atoms with Crippen LogP contribution in [0, 0.1) is 0 Å². The molecular formula is C18H25Cl2N3O3. The molecule has 1 heterocycles. The number of halogens is 2. The molecule has 0 aliphatic carbocycles. The van der Waals surface area contributed by atoms with Gasteiger partial charge in [0.05, 0.1) is 6.04 Å². The Balaban J connectivity index is 1.99. The first-order chi connectivity index (χ1) is 12.5. The first-order valence-electron chi connectivity index (χ1n) is 8.77. The molecule has 0 saturated carbocycles. The minimum Gasteiger partial charge on any atom is -0.480 e. The molecule has 8 heteroatoms. The molecule has 0 radical (unpaired) electrons. The summed E-state index contributed by atoms with van der Waals surface area (Å²) in [5.41, 5.74) is 1.83. The SMILES string of the molecule is O=C(O)[C@H](Cc1ccc(N(CCCl)CCCl)cc1)NC(=O)[C@@H]1CCCN1. The van der Waals surface area contributed by atoms with Gasteiger partial charge < -0.3 is 20.6 Å².